The van der Waals surface area contributed by atoms with Gasteiger partial charge in [-0.25, -0.2) is 4.79 Å². The fourth-order valence-electron chi connectivity index (χ4n) is 1.51. The minimum atomic E-state index is -0.458. The summed E-state index contributed by atoms with van der Waals surface area (Å²) in [5, 5.41) is 3.56. The highest BCUT2D eigenvalue weighted by Gasteiger charge is 2.11. The predicted molar refractivity (Wildman–Crippen MR) is 65.1 cm³/mol. The molecule has 1 atom stereocenters. The molecule has 0 bridgehead atoms. The lowest BCUT2D eigenvalue weighted by Gasteiger charge is -2.06. The average Bonchev–Trinajstić information content (AvgIpc) is 2.68. The molecule has 1 aromatic heterocycles. The lowest BCUT2D eigenvalue weighted by molar-refractivity contribution is -0.144. The standard InChI is InChI=1S/C12H18N2O4/c1-9(11(15)17-3)7-5-4-6-8-14-10(2)13-18-12(14)16/h4,6,9H,5,7-8H2,1-3H3/b6-4+/t9-/m0/s1. The summed E-state index contributed by atoms with van der Waals surface area (Å²) in [6.45, 7) is 3.97. The molecule has 0 aliphatic carbocycles. The van der Waals surface area contributed by atoms with Crippen molar-refractivity contribution >= 4 is 5.97 Å². The van der Waals surface area contributed by atoms with Crippen LogP contribution < -0.4 is 5.76 Å². The van der Waals surface area contributed by atoms with E-state index >= 15 is 0 Å². The topological polar surface area (TPSA) is 74.3 Å². The zero-order chi connectivity index (χ0) is 13.5. The number of allylic oxidation sites excluding steroid dienone is 2. The summed E-state index contributed by atoms with van der Waals surface area (Å²) in [4.78, 5) is 22.3. The summed E-state index contributed by atoms with van der Waals surface area (Å²) in [5.74, 6) is -0.221. The molecule has 0 aliphatic heterocycles. The number of aryl methyl sites for hydroxylation is 1. The number of nitrogens with zero attached hydrogens (tertiary/aromatic N) is 2. The Labute approximate surface area is 105 Å². The van der Waals surface area contributed by atoms with Gasteiger partial charge in [0.1, 0.15) is 0 Å². The van der Waals surface area contributed by atoms with E-state index in [0.717, 1.165) is 12.8 Å². The molecule has 1 aromatic rings. The van der Waals surface area contributed by atoms with E-state index in [2.05, 4.69) is 14.4 Å². The number of hydrogen-bond donors (Lipinski definition) is 0. The van der Waals surface area contributed by atoms with E-state index in [1.807, 2.05) is 19.1 Å². The SMILES string of the molecule is COC(=O)[C@@H](C)CC/C=C/Cn1c(C)noc1=O. The second kappa shape index (κ2) is 6.78. The van der Waals surface area contributed by atoms with E-state index in [0.29, 0.717) is 12.4 Å². The molecule has 6 heteroatoms. The number of methoxy groups -OCH3 is 1. The summed E-state index contributed by atoms with van der Waals surface area (Å²) in [6.07, 6.45) is 5.27. The molecule has 0 fully saturated rings. The van der Waals surface area contributed by atoms with Crippen LogP contribution in [0.5, 0.6) is 0 Å². The van der Waals surface area contributed by atoms with Crippen LogP contribution in [0.3, 0.4) is 0 Å². The molecule has 0 aliphatic rings. The number of ether oxygens (including phenoxy) is 1. The quantitative estimate of drug-likeness (QED) is 0.565. The van der Waals surface area contributed by atoms with E-state index < -0.39 is 5.76 Å². The molecule has 18 heavy (non-hydrogen) atoms. The van der Waals surface area contributed by atoms with Crippen molar-refractivity contribution in [2.75, 3.05) is 7.11 Å². The lowest BCUT2D eigenvalue weighted by Crippen LogP contribution is -2.14. The van der Waals surface area contributed by atoms with Crippen LogP contribution in [0.4, 0.5) is 0 Å². The molecule has 1 rings (SSSR count). The van der Waals surface area contributed by atoms with Gasteiger partial charge in [0.25, 0.3) is 0 Å². The summed E-state index contributed by atoms with van der Waals surface area (Å²) in [5.41, 5.74) is 0. The molecule has 0 saturated carbocycles. The highest BCUT2D eigenvalue weighted by molar-refractivity contribution is 5.71. The Balaban J connectivity index is 2.35. The smallest absolute Gasteiger partial charge is 0.441 e. The number of esters is 1. The molecule has 0 N–H and O–H groups in total. The van der Waals surface area contributed by atoms with Gasteiger partial charge in [-0.2, -0.15) is 0 Å². The first-order valence-electron chi connectivity index (χ1n) is 5.82. The van der Waals surface area contributed by atoms with Crippen molar-refractivity contribution in [3.8, 4) is 0 Å². The zero-order valence-electron chi connectivity index (χ0n) is 10.9. The van der Waals surface area contributed by atoms with Gasteiger partial charge < -0.3 is 4.74 Å². The van der Waals surface area contributed by atoms with Crippen molar-refractivity contribution in [1.29, 1.82) is 0 Å². The van der Waals surface area contributed by atoms with E-state index in [4.69, 9.17) is 0 Å². The minimum Gasteiger partial charge on any atom is -0.469 e. The van der Waals surface area contributed by atoms with Crippen LogP contribution in [0.15, 0.2) is 21.5 Å². The van der Waals surface area contributed by atoms with Gasteiger partial charge in [0, 0.05) is 6.54 Å². The second-order valence-corrected chi connectivity index (χ2v) is 4.08. The van der Waals surface area contributed by atoms with Gasteiger partial charge in [-0.1, -0.05) is 24.2 Å². The summed E-state index contributed by atoms with van der Waals surface area (Å²) in [6, 6.07) is 0. The Morgan fingerprint density at radius 1 is 1.56 bits per heavy atom. The van der Waals surface area contributed by atoms with Crippen molar-refractivity contribution in [2.24, 2.45) is 5.92 Å². The summed E-state index contributed by atoms with van der Waals surface area (Å²) < 4.78 is 10.6. The number of aromatic nitrogens is 2. The summed E-state index contributed by atoms with van der Waals surface area (Å²) >= 11 is 0. The zero-order valence-corrected chi connectivity index (χ0v) is 10.9. The molecule has 0 saturated heterocycles. The normalized spacial score (nSPS) is 12.8. The van der Waals surface area contributed by atoms with Crippen LogP contribution in [-0.2, 0) is 16.1 Å². The molecule has 0 unspecified atom stereocenters. The van der Waals surface area contributed by atoms with Crippen LogP contribution >= 0.6 is 0 Å². The van der Waals surface area contributed by atoms with Gasteiger partial charge in [-0.3, -0.25) is 13.9 Å². The largest absolute Gasteiger partial charge is 0.469 e. The van der Waals surface area contributed by atoms with Crippen LogP contribution in [0, 0.1) is 12.8 Å². The van der Waals surface area contributed by atoms with E-state index in [1.165, 1.54) is 11.7 Å². The molecule has 0 spiro atoms. The minimum absolute atomic E-state index is 0.111. The van der Waals surface area contributed by atoms with Crippen molar-refractivity contribution in [1.82, 2.24) is 9.72 Å². The molecule has 0 radical (unpaired) electrons. The molecule has 100 valence electrons. The first kappa shape index (κ1) is 14.2. The van der Waals surface area contributed by atoms with Crippen LogP contribution in [0.2, 0.25) is 0 Å². The molecule has 6 nitrogen and oxygen atoms in total. The van der Waals surface area contributed by atoms with E-state index in [1.54, 1.807) is 6.92 Å². The van der Waals surface area contributed by atoms with Crippen molar-refractivity contribution in [2.45, 2.75) is 33.2 Å². The maximum Gasteiger partial charge on any atom is 0.441 e. The Hall–Kier alpha value is -1.85. The van der Waals surface area contributed by atoms with E-state index in [9.17, 15) is 9.59 Å². The fraction of sp³-hybridized carbons (Fsp3) is 0.583. The Kier molecular flexibility index (Phi) is 5.35. The Morgan fingerprint density at radius 2 is 2.28 bits per heavy atom. The number of hydrogen-bond acceptors (Lipinski definition) is 5. The molecular formula is C12H18N2O4. The first-order valence-corrected chi connectivity index (χ1v) is 5.82. The van der Waals surface area contributed by atoms with Crippen molar-refractivity contribution in [3.05, 3.63) is 28.5 Å². The number of carbonyl (C=O) groups excluding carboxylic acids is 1. The van der Waals surface area contributed by atoms with E-state index in [-0.39, 0.29) is 11.9 Å². The third-order valence-electron chi connectivity index (χ3n) is 2.69. The monoisotopic (exact) mass is 254 g/mol. The summed E-state index contributed by atoms with van der Waals surface area (Å²) in [7, 11) is 1.38. The van der Waals surface area contributed by atoms with Crippen LogP contribution in [0.1, 0.15) is 25.6 Å². The molecule has 0 amide bonds. The molecule has 1 heterocycles. The van der Waals surface area contributed by atoms with Crippen molar-refractivity contribution < 1.29 is 14.1 Å². The average molecular weight is 254 g/mol. The third-order valence-corrected chi connectivity index (χ3v) is 2.69. The van der Waals surface area contributed by atoms with Gasteiger partial charge in [0.15, 0.2) is 5.82 Å². The van der Waals surface area contributed by atoms with Gasteiger partial charge in [-0.05, 0) is 19.8 Å². The van der Waals surface area contributed by atoms with Gasteiger partial charge >= 0.3 is 11.7 Å². The molecular weight excluding hydrogens is 236 g/mol. The predicted octanol–water partition coefficient (Wildman–Crippen LogP) is 1.29. The van der Waals surface area contributed by atoms with Crippen LogP contribution in [0.25, 0.3) is 0 Å². The van der Waals surface area contributed by atoms with Crippen LogP contribution in [-0.4, -0.2) is 22.8 Å². The first-order chi connectivity index (χ1) is 8.56. The maximum atomic E-state index is 11.2. The van der Waals surface area contributed by atoms with Gasteiger partial charge in [0.05, 0.1) is 13.0 Å². The lowest BCUT2D eigenvalue weighted by atomic mass is 10.1. The third kappa shape index (κ3) is 3.87. The Morgan fingerprint density at radius 3 is 2.83 bits per heavy atom. The highest BCUT2D eigenvalue weighted by Crippen LogP contribution is 2.07. The second-order valence-electron chi connectivity index (χ2n) is 4.08. The highest BCUT2D eigenvalue weighted by atomic mass is 16.5. The molecule has 0 aromatic carbocycles. The maximum absolute atomic E-state index is 11.2. The Bertz CT molecular complexity index is 473. The van der Waals surface area contributed by atoms with Crippen molar-refractivity contribution in [3.63, 3.8) is 0 Å². The number of carbonyl (C=O) groups is 1. The number of rotatable bonds is 6. The van der Waals surface area contributed by atoms with Gasteiger partial charge in [0.2, 0.25) is 0 Å². The van der Waals surface area contributed by atoms with Gasteiger partial charge in [-0.15, -0.1) is 0 Å². The fourth-order valence-corrected chi connectivity index (χ4v) is 1.51.